The van der Waals surface area contributed by atoms with E-state index in [2.05, 4.69) is 4.90 Å². The first-order valence-corrected chi connectivity index (χ1v) is 10.8. The van der Waals surface area contributed by atoms with E-state index in [9.17, 15) is 14.7 Å². The quantitative estimate of drug-likeness (QED) is 0.423. The Bertz CT molecular complexity index is 969. The summed E-state index contributed by atoms with van der Waals surface area (Å²) >= 11 is 5.96. The van der Waals surface area contributed by atoms with E-state index in [0.717, 1.165) is 44.8 Å². The molecule has 7 heteroatoms. The highest BCUT2D eigenvalue weighted by Crippen LogP contribution is 2.39. The van der Waals surface area contributed by atoms with Crippen molar-refractivity contribution in [1.82, 2.24) is 9.80 Å². The first-order valence-electron chi connectivity index (χ1n) is 10.5. The summed E-state index contributed by atoms with van der Waals surface area (Å²) in [6.45, 7) is 4.43. The molecule has 1 N–H and O–H groups in total. The molecule has 0 saturated carbocycles. The number of halogens is 1. The van der Waals surface area contributed by atoms with E-state index in [0.29, 0.717) is 17.1 Å². The Labute approximate surface area is 186 Å². The summed E-state index contributed by atoms with van der Waals surface area (Å²) in [7, 11) is 0. The van der Waals surface area contributed by atoms with Gasteiger partial charge in [0.1, 0.15) is 5.76 Å². The first kappa shape index (κ1) is 21.6. The number of ketones is 1. The molecule has 0 spiro atoms. The number of ether oxygens (including phenoxy) is 1. The van der Waals surface area contributed by atoms with Crippen LogP contribution in [0.1, 0.15) is 23.6 Å². The predicted octanol–water partition coefficient (Wildman–Crippen LogP) is 3.48. The van der Waals surface area contributed by atoms with Crippen molar-refractivity contribution < 1.29 is 19.4 Å². The molecule has 2 aromatic carbocycles. The van der Waals surface area contributed by atoms with E-state index >= 15 is 0 Å². The van der Waals surface area contributed by atoms with Gasteiger partial charge in [-0.3, -0.25) is 14.5 Å². The predicted molar refractivity (Wildman–Crippen MR) is 119 cm³/mol. The highest BCUT2D eigenvalue weighted by Gasteiger charge is 2.45. The molecule has 2 aromatic rings. The van der Waals surface area contributed by atoms with E-state index in [1.54, 1.807) is 29.2 Å². The molecule has 2 aliphatic heterocycles. The van der Waals surface area contributed by atoms with Crippen molar-refractivity contribution in [3.05, 3.63) is 76.3 Å². The van der Waals surface area contributed by atoms with Crippen molar-refractivity contribution in [2.24, 2.45) is 0 Å². The van der Waals surface area contributed by atoms with Crippen LogP contribution in [0.3, 0.4) is 0 Å². The minimum Gasteiger partial charge on any atom is -0.507 e. The minimum absolute atomic E-state index is 0.116. The zero-order valence-corrected chi connectivity index (χ0v) is 17.9. The summed E-state index contributed by atoms with van der Waals surface area (Å²) < 4.78 is 5.38. The second-order valence-electron chi connectivity index (χ2n) is 7.72. The monoisotopic (exact) mass is 440 g/mol. The highest BCUT2D eigenvalue weighted by molar-refractivity contribution is 6.46. The minimum atomic E-state index is -0.660. The average Bonchev–Trinajstić information content (AvgIpc) is 3.05. The van der Waals surface area contributed by atoms with Crippen LogP contribution in [0.25, 0.3) is 5.76 Å². The second-order valence-corrected chi connectivity index (χ2v) is 8.15. The van der Waals surface area contributed by atoms with Gasteiger partial charge in [0, 0.05) is 36.8 Å². The zero-order valence-electron chi connectivity index (χ0n) is 17.2. The van der Waals surface area contributed by atoms with Crippen molar-refractivity contribution in [1.29, 1.82) is 0 Å². The summed E-state index contributed by atoms with van der Waals surface area (Å²) in [6.07, 6.45) is 0.733. The lowest BCUT2D eigenvalue weighted by Gasteiger charge is -2.29. The maximum atomic E-state index is 13.0. The maximum absolute atomic E-state index is 13.0. The number of Topliss-reactive ketones (excluding diaryl/α,β-unsaturated/α-hetero) is 1. The Morgan fingerprint density at radius 1 is 1.00 bits per heavy atom. The van der Waals surface area contributed by atoms with Crippen molar-refractivity contribution in [2.75, 3.05) is 39.4 Å². The molecule has 31 heavy (non-hydrogen) atoms. The molecule has 0 radical (unpaired) electrons. The fourth-order valence-corrected chi connectivity index (χ4v) is 4.27. The van der Waals surface area contributed by atoms with Crippen LogP contribution in [-0.4, -0.2) is 66.0 Å². The molecular weight excluding hydrogens is 416 g/mol. The number of hydrogen-bond donors (Lipinski definition) is 1. The summed E-state index contributed by atoms with van der Waals surface area (Å²) in [5, 5.41) is 11.5. The van der Waals surface area contributed by atoms with Gasteiger partial charge in [0.25, 0.3) is 11.7 Å². The Morgan fingerprint density at radius 3 is 2.35 bits per heavy atom. The number of hydrogen-bond acceptors (Lipinski definition) is 5. The summed E-state index contributed by atoms with van der Waals surface area (Å²) in [6, 6.07) is 15.3. The molecular formula is C24H25ClN2O4. The molecule has 0 bridgehead atoms. The lowest BCUT2D eigenvalue weighted by molar-refractivity contribution is -0.140. The summed E-state index contributed by atoms with van der Waals surface area (Å²) in [4.78, 5) is 29.8. The number of morpholine rings is 1. The van der Waals surface area contributed by atoms with Crippen molar-refractivity contribution in [3.63, 3.8) is 0 Å². The van der Waals surface area contributed by atoms with Gasteiger partial charge in [-0.25, -0.2) is 0 Å². The third kappa shape index (κ3) is 4.66. The van der Waals surface area contributed by atoms with Crippen LogP contribution in [0.2, 0.25) is 5.02 Å². The van der Waals surface area contributed by atoms with Crippen LogP contribution < -0.4 is 0 Å². The van der Waals surface area contributed by atoms with Crippen LogP contribution in [0.15, 0.2) is 60.2 Å². The maximum Gasteiger partial charge on any atom is 0.295 e. The van der Waals surface area contributed by atoms with E-state index in [-0.39, 0.29) is 11.3 Å². The van der Waals surface area contributed by atoms with Crippen LogP contribution in [0.5, 0.6) is 0 Å². The van der Waals surface area contributed by atoms with Crippen LogP contribution >= 0.6 is 11.6 Å². The zero-order chi connectivity index (χ0) is 21.8. The average molecular weight is 441 g/mol. The van der Waals surface area contributed by atoms with Gasteiger partial charge in [-0.05, 0) is 36.2 Å². The van der Waals surface area contributed by atoms with Gasteiger partial charge < -0.3 is 14.7 Å². The van der Waals surface area contributed by atoms with Gasteiger partial charge in [-0.1, -0.05) is 41.9 Å². The fourth-order valence-electron chi connectivity index (χ4n) is 4.15. The van der Waals surface area contributed by atoms with E-state index < -0.39 is 17.7 Å². The molecule has 4 rings (SSSR count). The Morgan fingerprint density at radius 2 is 1.68 bits per heavy atom. The molecule has 1 atom stereocenters. The number of nitrogens with zero attached hydrogens (tertiary/aromatic N) is 2. The molecule has 0 aromatic heterocycles. The molecule has 0 unspecified atom stereocenters. The van der Waals surface area contributed by atoms with Crippen LogP contribution in [0, 0.1) is 0 Å². The van der Waals surface area contributed by atoms with E-state index in [1.165, 1.54) is 0 Å². The third-order valence-electron chi connectivity index (χ3n) is 5.75. The number of aliphatic hydroxyl groups excluding tert-OH is 1. The lowest BCUT2D eigenvalue weighted by atomic mass is 9.95. The number of benzene rings is 2. The van der Waals surface area contributed by atoms with Gasteiger partial charge in [0.15, 0.2) is 0 Å². The molecule has 1 amide bonds. The van der Waals surface area contributed by atoms with Gasteiger partial charge in [-0.2, -0.15) is 0 Å². The molecule has 2 fully saturated rings. The number of rotatable bonds is 6. The molecule has 162 valence electrons. The number of likely N-dealkylation sites (tertiary alicyclic amines) is 1. The Kier molecular flexibility index (Phi) is 6.70. The smallest absolute Gasteiger partial charge is 0.295 e. The number of aliphatic hydroxyl groups is 1. The molecule has 2 saturated heterocycles. The van der Waals surface area contributed by atoms with Gasteiger partial charge >= 0.3 is 0 Å². The van der Waals surface area contributed by atoms with Crippen molar-refractivity contribution in [3.8, 4) is 0 Å². The first-order chi connectivity index (χ1) is 15.1. The summed E-state index contributed by atoms with van der Waals surface area (Å²) in [5.41, 5.74) is 1.37. The molecule has 6 nitrogen and oxygen atoms in total. The van der Waals surface area contributed by atoms with Crippen LogP contribution in [-0.2, 0) is 14.3 Å². The lowest BCUT2D eigenvalue weighted by Crippen LogP contribution is -2.38. The van der Waals surface area contributed by atoms with Crippen molar-refractivity contribution in [2.45, 2.75) is 12.5 Å². The van der Waals surface area contributed by atoms with E-state index in [1.807, 2.05) is 30.3 Å². The normalized spacial score (nSPS) is 21.6. The highest BCUT2D eigenvalue weighted by atomic mass is 35.5. The van der Waals surface area contributed by atoms with E-state index in [4.69, 9.17) is 16.3 Å². The topological polar surface area (TPSA) is 70.1 Å². The molecule has 2 heterocycles. The second kappa shape index (κ2) is 9.64. The van der Waals surface area contributed by atoms with Gasteiger partial charge in [0.2, 0.25) is 0 Å². The third-order valence-corrected chi connectivity index (χ3v) is 6.00. The molecule has 2 aliphatic rings. The Balaban J connectivity index is 1.64. The fraction of sp³-hybridized carbons (Fsp3) is 0.333. The SMILES string of the molecule is O=C1C(=O)N(CCCN2CCOCC2)[C@H](c2ccccc2)C1=C(O)c1ccc(Cl)cc1. The van der Waals surface area contributed by atoms with Crippen LogP contribution in [0.4, 0.5) is 0 Å². The molecule has 0 aliphatic carbocycles. The standard InChI is InChI=1S/C24H25ClN2O4/c25-19-9-7-18(8-10-19)22(28)20-21(17-5-2-1-3-6-17)27(24(30)23(20)29)12-4-11-26-13-15-31-16-14-26/h1-3,5-10,21,28H,4,11-16H2/t21-/m1/s1. The van der Waals surface area contributed by atoms with Gasteiger partial charge in [0.05, 0.1) is 24.8 Å². The number of carbonyl (C=O) groups is 2. The van der Waals surface area contributed by atoms with Gasteiger partial charge in [-0.15, -0.1) is 0 Å². The summed E-state index contributed by atoms with van der Waals surface area (Å²) in [5.74, 6) is -1.42. The van der Waals surface area contributed by atoms with Crippen molar-refractivity contribution >= 4 is 29.1 Å². The largest absolute Gasteiger partial charge is 0.507 e. The number of carbonyl (C=O) groups excluding carboxylic acids is 2. The Hall–Kier alpha value is -2.67. The number of amides is 1.